The molecule has 0 atom stereocenters. The Kier molecular flexibility index (Phi) is 5.06. The van der Waals surface area contributed by atoms with E-state index in [0.29, 0.717) is 31.9 Å². The lowest BCUT2D eigenvalue weighted by Gasteiger charge is -2.36. The van der Waals surface area contributed by atoms with E-state index in [1.807, 2.05) is 37.8 Å². The van der Waals surface area contributed by atoms with Crippen LogP contribution in [0.2, 0.25) is 0 Å². The van der Waals surface area contributed by atoms with Crippen LogP contribution in [0.5, 0.6) is 0 Å². The SMILES string of the molecule is CC(C)(C)NC(=O)N1CCN(c2cc(-c3cccc(F)c3)ncn2)CC1. The monoisotopic (exact) mass is 357 g/mol. The van der Waals surface area contributed by atoms with Gasteiger partial charge in [-0.05, 0) is 32.9 Å². The van der Waals surface area contributed by atoms with Crippen molar-refractivity contribution in [3.8, 4) is 11.3 Å². The summed E-state index contributed by atoms with van der Waals surface area (Å²) in [6, 6.07) is 8.18. The van der Waals surface area contributed by atoms with Crippen molar-refractivity contribution in [3.63, 3.8) is 0 Å². The number of benzene rings is 1. The molecule has 0 unspecified atom stereocenters. The van der Waals surface area contributed by atoms with E-state index in [4.69, 9.17) is 0 Å². The van der Waals surface area contributed by atoms with Gasteiger partial charge in [0.25, 0.3) is 0 Å². The summed E-state index contributed by atoms with van der Waals surface area (Å²) in [6.45, 7) is 8.54. The van der Waals surface area contributed by atoms with E-state index in [9.17, 15) is 9.18 Å². The van der Waals surface area contributed by atoms with Gasteiger partial charge in [0.05, 0.1) is 5.69 Å². The maximum absolute atomic E-state index is 13.4. The van der Waals surface area contributed by atoms with Gasteiger partial charge in [-0.1, -0.05) is 12.1 Å². The number of nitrogens with one attached hydrogen (secondary N) is 1. The van der Waals surface area contributed by atoms with Crippen molar-refractivity contribution in [2.24, 2.45) is 0 Å². The molecule has 0 aliphatic carbocycles. The first-order valence-electron chi connectivity index (χ1n) is 8.72. The zero-order valence-electron chi connectivity index (χ0n) is 15.4. The Hall–Kier alpha value is -2.70. The quantitative estimate of drug-likeness (QED) is 0.898. The summed E-state index contributed by atoms with van der Waals surface area (Å²) in [7, 11) is 0. The maximum atomic E-state index is 13.4. The number of halogens is 1. The molecule has 1 aliphatic rings. The van der Waals surface area contributed by atoms with Crippen LogP contribution in [0.25, 0.3) is 11.3 Å². The Balaban J connectivity index is 1.67. The molecule has 0 radical (unpaired) electrons. The fourth-order valence-electron chi connectivity index (χ4n) is 2.86. The molecule has 138 valence electrons. The predicted molar refractivity (Wildman–Crippen MR) is 99.5 cm³/mol. The summed E-state index contributed by atoms with van der Waals surface area (Å²) in [5.74, 6) is 0.497. The molecule has 1 aromatic carbocycles. The minimum atomic E-state index is -0.291. The number of aromatic nitrogens is 2. The molecule has 1 aromatic heterocycles. The van der Waals surface area contributed by atoms with Crippen LogP contribution < -0.4 is 10.2 Å². The number of urea groups is 1. The van der Waals surface area contributed by atoms with Crippen molar-refractivity contribution in [1.29, 1.82) is 0 Å². The number of nitrogens with zero attached hydrogens (tertiary/aromatic N) is 4. The van der Waals surface area contributed by atoms with Crippen LogP contribution in [0, 0.1) is 5.82 Å². The highest BCUT2D eigenvalue weighted by molar-refractivity contribution is 5.75. The average molecular weight is 357 g/mol. The minimum Gasteiger partial charge on any atom is -0.353 e. The zero-order valence-corrected chi connectivity index (χ0v) is 15.4. The smallest absolute Gasteiger partial charge is 0.317 e. The first-order valence-corrected chi connectivity index (χ1v) is 8.72. The van der Waals surface area contributed by atoms with Crippen LogP contribution in [-0.2, 0) is 0 Å². The van der Waals surface area contributed by atoms with E-state index < -0.39 is 0 Å². The Bertz CT molecular complexity index is 781. The Morgan fingerprint density at radius 2 is 1.85 bits per heavy atom. The van der Waals surface area contributed by atoms with Crippen molar-refractivity contribution >= 4 is 11.8 Å². The van der Waals surface area contributed by atoms with E-state index in [1.54, 1.807) is 6.07 Å². The molecular weight excluding hydrogens is 333 g/mol. The highest BCUT2D eigenvalue weighted by atomic mass is 19.1. The number of hydrogen-bond donors (Lipinski definition) is 1. The van der Waals surface area contributed by atoms with Gasteiger partial charge in [-0.25, -0.2) is 19.2 Å². The molecule has 6 nitrogen and oxygen atoms in total. The van der Waals surface area contributed by atoms with Gasteiger partial charge in [-0.15, -0.1) is 0 Å². The van der Waals surface area contributed by atoms with Crippen molar-refractivity contribution in [1.82, 2.24) is 20.2 Å². The van der Waals surface area contributed by atoms with Gasteiger partial charge < -0.3 is 15.1 Å². The Morgan fingerprint density at radius 1 is 1.12 bits per heavy atom. The molecule has 0 saturated carbocycles. The molecule has 26 heavy (non-hydrogen) atoms. The summed E-state index contributed by atoms with van der Waals surface area (Å²) < 4.78 is 13.4. The number of carbonyl (C=O) groups is 1. The van der Waals surface area contributed by atoms with Crippen LogP contribution in [0.4, 0.5) is 15.0 Å². The number of rotatable bonds is 2. The van der Waals surface area contributed by atoms with Gasteiger partial charge >= 0.3 is 6.03 Å². The van der Waals surface area contributed by atoms with Crippen LogP contribution >= 0.6 is 0 Å². The topological polar surface area (TPSA) is 61.4 Å². The molecule has 0 spiro atoms. The number of amides is 2. The molecule has 2 amide bonds. The molecule has 2 aromatic rings. The van der Waals surface area contributed by atoms with Gasteiger partial charge in [0.15, 0.2) is 0 Å². The third kappa shape index (κ3) is 4.47. The predicted octanol–water partition coefficient (Wildman–Crippen LogP) is 2.91. The summed E-state index contributed by atoms with van der Waals surface area (Å²) in [5, 5.41) is 2.99. The Labute approximate surface area is 153 Å². The average Bonchev–Trinajstić information content (AvgIpc) is 2.60. The fourth-order valence-corrected chi connectivity index (χ4v) is 2.86. The molecule has 3 rings (SSSR count). The van der Waals surface area contributed by atoms with Crippen molar-refractivity contribution < 1.29 is 9.18 Å². The second-order valence-corrected chi connectivity index (χ2v) is 7.43. The molecular formula is C19H24FN5O. The van der Waals surface area contributed by atoms with E-state index in [1.165, 1.54) is 18.5 Å². The largest absolute Gasteiger partial charge is 0.353 e. The molecule has 1 fully saturated rings. The third-order valence-electron chi connectivity index (χ3n) is 4.15. The summed E-state index contributed by atoms with van der Waals surface area (Å²) >= 11 is 0. The molecule has 0 bridgehead atoms. The van der Waals surface area contributed by atoms with E-state index in [0.717, 1.165) is 11.4 Å². The molecule has 1 aliphatic heterocycles. The van der Waals surface area contributed by atoms with E-state index in [2.05, 4.69) is 20.2 Å². The van der Waals surface area contributed by atoms with Gasteiger partial charge in [0.1, 0.15) is 18.0 Å². The standard InChI is InChI=1S/C19H24FN5O/c1-19(2,3)23-18(26)25-9-7-24(8-10-25)17-12-16(21-13-22-17)14-5-4-6-15(20)11-14/h4-6,11-13H,7-10H2,1-3H3,(H,23,26). The fraction of sp³-hybridized carbons (Fsp3) is 0.421. The van der Waals surface area contributed by atoms with E-state index >= 15 is 0 Å². The lowest BCUT2D eigenvalue weighted by atomic mass is 10.1. The van der Waals surface area contributed by atoms with Crippen LogP contribution in [0.3, 0.4) is 0 Å². The third-order valence-corrected chi connectivity index (χ3v) is 4.15. The molecule has 2 heterocycles. The van der Waals surface area contributed by atoms with Crippen molar-refractivity contribution in [2.45, 2.75) is 26.3 Å². The van der Waals surface area contributed by atoms with Gasteiger partial charge in [-0.3, -0.25) is 0 Å². The lowest BCUT2D eigenvalue weighted by molar-refractivity contribution is 0.185. The van der Waals surface area contributed by atoms with Gasteiger partial charge in [0.2, 0.25) is 0 Å². The second-order valence-electron chi connectivity index (χ2n) is 7.43. The van der Waals surface area contributed by atoms with Gasteiger partial charge in [-0.2, -0.15) is 0 Å². The van der Waals surface area contributed by atoms with Crippen molar-refractivity contribution in [2.75, 3.05) is 31.1 Å². The normalized spacial score (nSPS) is 15.1. The van der Waals surface area contributed by atoms with Crippen LogP contribution in [-0.4, -0.2) is 52.6 Å². The first-order chi connectivity index (χ1) is 12.3. The van der Waals surface area contributed by atoms with Crippen LogP contribution in [0.15, 0.2) is 36.7 Å². The summed E-state index contributed by atoms with van der Waals surface area (Å²) in [5.41, 5.74) is 1.15. The number of anilines is 1. The number of carbonyl (C=O) groups excluding carboxylic acids is 1. The molecule has 1 saturated heterocycles. The summed E-state index contributed by atoms with van der Waals surface area (Å²) in [6.07, 6.45) is 1.49. The van der Waals surface area contributed by atoms with Crippen LogP contribution in [0.1, 0.15) is 20.8 Å². The number of hydrogen-bond acceptors (Lipinski definition) is 4. The van der Waals surface area contributed by atoms with Gasteiger partial charge in [0, 0.05) is 43.3 Å². The highest BCUT2D eigenvalue weighted by Crippen LogP contribution is 2.22. The maximum Gasteiger partial charge on any atom is 0.317 e. The highest BCUT2D eigenvalue weighted by Gasteiger charge is 2.24. The Morgan fingerprint density at radius 3 is 2.50 bits per heavy atom. The van der Waals surface area contributed by atoms with E-state index in [-0.39, 0.29) is 17.4 Å². The molecule has 7 heteroatoms. The zero-order chi connectivity index (χ0) is 18.7. The van der Waals surface area contributed by atoms with Crippen molar-refractivity contribution in [3.05, 3.63) is 42.5 Å². The number of piperazine rings is 1. The molecule has 1 N–H and O–H groups in total. The second kappa shape index (κ2) is 7.27. The first kappa shape index (κ1) is 18.1. The summed E-state index contributed by atoms with van der Waals surface area (Å²) in [4.78, 5) is 24.8. The minimum absolute atomic E-state index is 0.0414. The lowest BCUT2D eigenvalue weighted by Crippen LogP contribution is -2.55.